The van der Waals surface area contributed by atoms with Crippen LogP contribution >= 0.6 is 0 Å². The third-order valence-electron chi connectivity index (χ3n) is 4.56. The van der Waals surface area contributed by atoms with Crippen molar-refractivity contribution in [1.29, 1.82) is 5.26 Å². The molecule has 2 aromatic rings. The lowest BCUT2D eigenvalue weighted by molar-refractivity contribution is -0.138. The van der Waals surface area contributed by atoms with Crippen LogP contribution in [0.15, 0.2) is 42.5 Å². The number of urea groups is 1. The van der Waals surface area contributed by atoms with Crippen molar-refractivity contribution < 1.29 is 35.9 Å². The predicted octanol–water partition coefficient (Wildman–Crippen LogP) is 5.33. The highest BCUT2D eigenvalue weighted by Crippen LogP contribution is 2.33. The molecule has 2 N–H and O–H groups in total. The first-order chi connectivity index (χ1) is 14.4. The number of halogens is 6. The van der Waals surface area contributed by atoms with Crippen molar-refractivity contribution in [2.75, 3.05) is 5.32 Å². The van der Waals surface area contributed by atoms with Gasteiger partial charge in [-0.15, -0.1) is 0 Å². The molecule has 2 amide bonds. The van der Waals surface area contributed by atoms with Crippen LogP contribution in [0.1, 0.15) is 29.5 Å². The summed E-state index contributed by atoms with van der Waals surface area (Å²) in [6.45, 7) is 0. The Balaban J connectivity index is 1.50. The molecular formula is C20H15F6N3O2. The molecule has 1 saturated carbocycles. The smallest absolute Gasteiger partial charge is 0.416 e. The Hall–Kier alpha value is -3.42. The number of carbonyl (C=O) groups excluding carboxylic acids is 1. The Bertz CT molecular complexity index is 990. The molecule has 0 aliphatic heterocycles. The molecule has 0 spiro atoms. The minimum absolute atomic E-state index is 0.180. The average Bonchev–Trinajstić information content (AvgIpc) is 2.65. The van der Waals surface area contributed by atoms with Gasteiger partial charge < -0.3 is 15.4 Å². The van der Waals surface area contributed by atoms with Crippen LogP contribution in [0, 0.1) is 11.3 Å². The summed E-state index contributed by atoms with van der Waals surface area (Å²) < 4.78 is 81.9. The van der Waals surface area contributed by atoms with Crippen molar-refractivity contribution in [1.82, 2.24) is 5.32 Å². The summed E-state index contributed by atoms with van der Waals surface area (Å²) in [5.74, 6) is 0.258. The van der Waals surface area contributed by atoms with Gasteiger partial charge in [0.15, 0.2) is 0 Å². The number of anilines is 1. The fraction of sp³-hybridized carbons (Fsp3) is 0.300. The minimum atomic E-state index is -4.67. The van der Waals surface area contributed by atoms with Crippen molar-refractivity contribution in [3.63, 3.8) is 0 Å². The summed E-state index contributed by atoms with van der Waals surface area (Å²) in [5, 5.41) is 13.7. The zero-order chi connectivity index (χ0) is 22.8. The second-order valence-corrected chi connectivity index (χ2v) is 6.94. The number of alkyl halides is 6. The van der Waals surface area contributed by atoms with Gasteiger partial charge in [-0.3, -0.25) is 0 Å². The molecule has 1 aliphatic carbocycles. The van der Waals surface area contributed by atoms with Gasteiger partial charge in [0, 0.05) is 24.6 Å². The van der Waals surface area contributed by atoms with Crippen LogP contribution in [-0.4, -0.2) is 18.2 Å². The van der Waals surface area contributed by atoms with Crippen molar-refractivity contribution in [3.05, 3.63) is 59.2 Å². The molecule has 2 aromatic carbocycles. The molecule has 5 nitrogen and oxygen atoms in total. The number of rotatable bonds is 4. The van der Waals surface area contributed by atoms with Crippen LogP contribution in [0.25, 0.3) is 0 Å². The molecule has 0 heterocycles. The van der Waals surface area contributed by atoms with Gasteiger partial charge in [0.05, 0.1) is 22.8 Å². The molecule has 0 atom stereocenters. The molecule has 0 unspecified atom stereocenters. The third-order valence-corrected chi connectivity index (χ3v) is 4.56. The molecule has 164 valence electrons. The maximum absolute atomic E-state index is 12.9. The Morgan fingerprint density at radius 2 is 1.58 bits per heavy atom. The van der Waals surface area contributed by atoms with Crippen LogP contribution in [0.2, 0.25) is 0 Å². The van der Waals surface area contributed by atoms with Gasteiger partial charge in [-0.25, -0.2) is 4.79 Å². The van der Waals surface area contributed by atoms with E-state index < -0.39 is 29.5 Å². The highest BCUT2D eigenvalue weighted by Gasteiger charge is 2.34. The van der Waals surface area contributed by atoms with Crippen molar-refractivity contribution in [3.8, 4) is 11.8 Å². The first-order valence-electron chi connectivity index (χ1n) is 8.98. The quantitative estimate of drug-likeness (QED) is 0.628. The molecule has 1 aliphatic rings. The van der Waals surface area contributed by atoms with Crippen molar-refractivity contribution in [2.45, 2.75) is 37.3 Å². The fourth-order valence-electron chi connectivity index (χ4n) is 2.98. The summed E-state index contributed by atoms with van der Waals surface area (Å²) in [6.07, 6.45) is -8.68. The van der Waals surface area contributed by atoms with Crippen LogP contribution in [0.5, 0.6) is 5.75 Å². The van der Waals surface area contributed by atoms with Crippen LogP contribution in [0.4, 0.5) is 36.8 Å². The molecule has 3 rings (SSSR count). The van der Waals surface area contributed by atoms with Gasteiger partial charge in [-0.05, 0) is 42.5 Å². The molecule has 0 bridgehead atoms. The van der Waals surface area contributed by atoms with Crippen LogP contribution < -0.4 is 15.4 Å². The van der Waals surface area contributed by atoms with E-state index in [-0.39, 0.29) is 29.1 Å². The van der Waals surface area contributed by atoms with E-state index in [4.69, 9.17) is 10.00 Å². The summed E-state index contributed by atoms with van der Waals surface area (Å²) in [7, 11) is 0. The number of nitrogens with zero attached hydrogens (tertiary/aromatic N) is 1. The first kappa shape index (κ1) is 22.3. The SMILES string of the molecule is N#Cc1cc(NC(=O)N[C@H]2C[C@H](Oc3ccc(C(F)(F)F)cc3)C2)cc(C(F)(F)F)c1. The lowest BCUT2D eigenvalue weighted by Crippen LogP contribution is -2.50. The largest absolute Gasteiger partial charge is 0.490 e. The monoisotopic (exact) mass is 443 g/mol. The van der Waals surface area contributed by atoms with Crippen LogP contribution in [0.3, 0.4) is 0 Å². The second kappa shape index (κ2) is 8.37. The van der Waals surface area contributed by atoms with Crippen LogP contribution in [-0.2, 0) is 12.4 Å². The summed E-state index contributed by atoms with van der Waals surface area (Å²) in [5.41, 5.74) is -2.28. The maximum atomic E-state index is 12.9. The highest BCUT2D eigenvalue weighted by molar-refractivity contribution is 5.89. The van der Waals surface area contributed by atoms with Gasteiger partial charge in [0.2, 0.25) is 0 Å². The third kappa shape index (κ3) is 5.81. The molecule has 0 saturated heterocycles. The van der Waals surface area contributed by atoms with E-state index in [1.165, 1.54) is 12.1 Å². The average molecular weight is 443 g/mol. The molecule has 0 radical (unpaired) electrons. The lowest BCUT2D eigenvalue weighted by atomic mass is 9.89. The predicted molar refractivity (Wildman–Crippen MR) is 97.2 cm³/mol. The number of nitrogens with one attached hydrogen (secondary N) is 2. The zero-order valence-electron chi connectivity index (χ0n) is 15.6. The number of ether oxygens (including phenoxy) is 1. The van der Waals surface area contributed by atoms with Crippen molar-refractivity contribution in [2.24, 2.45) is 0 Å². The van der Waals surface area contributed by atoms with E-state index in [0.29, 0.717) is 18.9 Å². The highest BCUT2D eigenvalue weighted by atomic mass is 19.4. The first-order valence-corrected chi connectivity index (χ1v) is 8.98. The fourth-order valence-corrected chi connectivity index (χ4v) is 2.98. The Morgan fingerprint density at radius 1 is 0.968 bits per heavy atom. The normalized spacial score (nSPS) is 18.5. The number of amides is 2. The summed E-state index contributed by atoms with van der Waals surface area (Å²) in [4.78, 5) is 12.0. The van der Waals surface area contributed by atoms with E-state index in [1.807, 2.05) is 0 Å². The number of carbonyl (C=O) groups is 1. The topological polar surface area (TPSA) is 74.2 Å². The van der Waals surface area contributed by atoms with E-state index in [1.54, 1.807) is 6.07 Å². The summed E-state index contributed by atoms with van der Waals surface area (Å²) >= 11 is 0. The Labute approximate surface area is 172 Å². The van der Waals surface area contributed by atoms with E-state index in [0.717, 1.165) is 24.3 Å². The number of hydrogen-bond acceptors (Lipinski definition) is 3. The van der Waals surface area contributed by atoms with Gasteiger partial charge >= 0.3 is 18.4 Å². The van der Waals surface area contributed by atoms with Gasteiger partial charge in [-0.2, -0.15) is 31.6 Å². The van der Waals surface area contributed by atoms with Gasteiger partial charge in [0.25, 0.3) is 0 Å². The van der Waals surface area contributed by atoms with Crippen molar-refractivity contribution >= 4 is 11.7 Å². The number of nitriles is 1. The zero-order valence-corrected chi connectivity index (χ0v) is 15.6. The summed E-state index contributed by atoms with van der Waals surface area (Å²) in [6, 6.07) is 7.27. The van der Waals surface area contributed by atoms with E-state index in [2.05, 4.69) is 10.6 Å². The number of hydrogen-bond donors (Lipinski definition) is 2. The Kier molecular flexibility index (Phi) is 6.01. The standard InChI is InChI=1S/C20H15F6N3O2/c21-19(22,23)12-1-3-16(4-2-12)31-17-8-15(9-17)29-18(30)28-14-6-11(10-27)5-13(7-14)20(24,25)26/h1-7,15,17H,8-9H2,(H2,28,29,30)/t15-,17-. The van der Waals surface area contributed by atoms with Gasteiger partial charge in [0.1, 0.15) is 11.9 Å². The Morgan fingerprint density at radius 3 is 2.13 bits per heavy atom. The molecule has 31 heavy (non-hydrogen) atoms. The van der Waals surface area contributed by atoms with E-state index >= 15 is 0 Å². The second-order valence-electron chi connectivity index (χ2n) is 6.94. The van der Waals surface area contributed by atoms with E-state index in [9.17, 15) is 31.1 Å². The molecule has 1 fully saturated rings. The van der Waals surface area contributed by atoms with Gasteiger partial charge in [-0.1, -0.05) is 0 Å². The minimum Gasteiger partial charge on any atom is -0.490 e. The number of benzene rings is 2. The molecule has 0 aromatic heterocycles. The molecule has 11 heteroatoms. The lowest BCUT2D eigenvalue weighted by Gasteiger charge is -2.35. The maximum Gasteiger partial charge on any atom is 0.416 e. The molecular weight excluding hydrogens is 428 g/mol.